The van der Waals surface area contributed by atoms with Crippen LogP contribution in [0.15, 0.2) is 54.4 Å². The number of hydrogen-bond donors (Lipinski definition) is 0. The van der Waals surface area contributed by atoms with Crippen LogP contribution in [0.3, 0.4) is 0 Å². The van der Waals surface area contributed by atoms with Crippen LogP contribution in [0.5, 0.6) is 0 Å². The molecule has 0 spiro atoms. The highest BCUT2D eigenvalue weighted by molar-refractivity contribution is 7.13. The number of thiazole rings is 1. The molecule has 6 heteroatoms. The Morgan fingerprint density at radius 3 is 2.72 bits per heavy atom. The van der Waals surface area contributed by atoms with Crippen LogP contribution in [0.1, 0.15) is 17.7 Å². The van der Waals surface area contributed by atoms with Crippen molar-refractivity contribution < 1.29 is 4.79 Å². The minimum atomic E-state index is 0.144. The summed E-state index contributed by atoms with van der Waals surface area (Å²) >= 11 is 1.59. The number of nitrogens with zero attached hydrogens (tertiary/aromatic N) is 4. The van der Waals surface area contributed by atoms with E-state index in [0.717, 1.165) is 22.7 Å². The molecule has 0 aliphatic rings. The lowest BCUT2D eigenvalue weighted by atomic mass is 10.2. The van der Waals surface area contributed by atoms with Crippen LogP contribution in [0.25, 0.3) is 10.6 Å². The summed E-state index contributed by atoms with van der Waals surface area (Å²) in [5.74, 6) is 0.144. The van der Waals surface area contributed by atoms with Gasteiger partial charge in [-0.15, -0.1) is 11.3 Å². The van der Waals surface area contributed by atoms with E-state index in [1.54, 1.807) is 41.0 Å². The van der Waals surface area contributed by atoms with Gasteiger partial charge in [-0.2, -0.15) is 0 Å². The van der Waals surface area contributed by atoms with Crippen molar-refractivity contribution in [2.75, 3.05) is 13.6 Å². The SMILES string of the molecule is CN(CCc1ccncc1)C(=O)CCc1csc(-c2cccnc2)n1. The van der Waals surface area contributed by atoms with Gasteiger partial charge >= 0.3 is 0 Å². The van der Waals surface area contributed by atoms with Gasteiger partial charge < -0.3 is 4.90 Å². The Hall–Kier alpha value is -2.60. The number of aromatic nitrogens is 3. The third-order valence-corrected chi connectivity index (χ3v) is 4.91. The van der Waals surface area contributed by atoms with E-state index in [-0.39, 0.29) is 5.91 Å². The Balaban J connectivity index is 1.48. The lowest BCUT2D eigenvalue weighted by Gasteiger charge is -2.16. The molecule has 3 aromatic rings. The first kappa shape index (κ1) is 17.2. The van der Waals surface area contributed by atoms with E-state index in [1.165, 1.54) is 5.56 Å². The molecule has 1 amide bonds. The van der Waals surface area contributed by atoms with Crippen molar-refractivity contribution in [2.24, 2.45) is 0 Å². The van der Waals surface area contributed by atoms with Crippen molar-refractivity contribution in [1.82, 2.24) is 19.9 Å². The zero-order chi connectivity index (χ0) is 17.5. The Kier molecular flexibility index (Phi) is 5.85. The van der Waals surface area contributed by atoms with E-state index in [9.17, 15) is 4.79 Å². The van der Waals surface area contributed by atoms with Gasteiger partial charge in [0, 0.05) is 55.7 Å². The van der Waals surface area contributed by atoms with Crippen molar-refractivity contribution in [3.05, 3.63) is 65.7 Å². The Morgan fingerprint density at radius 1 is 1.12 bits per heavy atom. The third kappa shape index (κ3) is 4.93. The molecular formula is C19H20N4OS. The summed E-state index contributed by atoms with van der Waals surface area (Å²) in [6.07, 6.45) is 9.09. The molecule has 25 heavy (non-hydrogen) atoms. The molecule has 0 unspecified atom stereocenters. The molecule has 5 nitrogen and oxygen atoms in total. The summed E-state index contributed by atoms with van der Waals surface area (Å²) in [5.41, 5.74) is 3.16. The maximum absolute atomic E-state index is 12.3. The van der Waals surface area contributed by atoms with Crippen molar-refractivity contribution in [1.29, 1.82) is 0 Å². The second-order valence-electron chi connectivity index (χ2n) is 5.81. The molecule has 0 saturated heterocycles. The highest BCUT2D eigenvalue weighted by Crippen LogP contribution is 2.23. The highest BCUT2D eigenvalue weighted by Gasteiger charge is 2.11. The number of pyridine rings is 2. The molecule has 0 aliphatic heterocycles. The van der Waals surface area contributed by atoms with Gasteiger partial charge in [-0.1, -0.05) is 0 Å². The fourth-order valence-corrected chi connectivity index (χ4v) is 3.29. The number of rotatable bonds is 7. The van der Waals surface area contributed by atoms with E-state index < -0.39 is 0 Å². The van der Waals surface area contributed by atoms with Gasteiger partial charge in [0.05, 0.1) is 5.69 Å². The fraction of sp³-hybridized carbons (Fsp3) is 0.263. The molecule has 0 N–H and O–H groups in total. The van der Waals surface area contributed by atoms with Gasteiger partial charge in [-0.05, 0) is 42.7 Å². The second kappa shape index (κ2) is 8.48. The largest absolute Gasteiger partial charge is 0.345 e. The molecule has 0 bridgehead atoms. The summed E-state index contributed by atoms with van der Waals surface area (Å²) in [6.45, 7) is 0.709. The van der Waals surface area contributed by atoms with E-state index in [2.05, 4.69) is 15.0 Å². The third-order valence-electron chi connectivity index (χ3n) is 3.97. The molecule has 0 radical (unpaired) electrons. The van der Waals surface area contributed by atoms with Crippen molar-refractivity contribution in [3.63, 3.8) is 0 Å². The average Bonchev–Trinajstić information content (AvgIpc) is 3.15. The van der Waals surface area contributed by atoms with E-state index in [1.807, 2.05) is 36.7 Å². The molecule has 0 fully saturated rings. The standard InChI is InChI=1S/C19H20N4OS/c1-23(12-8-15-6-10-20-11-7-15)18(24)5-4-17-14-25-19(22-17)16-3-2-9-21-13-16/h2-3,6-7,9-11,13-14H,4-5,8,12H2,1H3. The van der Waals surface area contributed by atoms with Crippen LogP contribution in [0.2, 0.25) is 0 Å². The van der Waals surface area contributed by atoms with E-state index in [4.69, 9.17) is 0 Å². The van der Waals surface area contributed by atoms with Gasteiger partial charge in [-0.25, -0.2) is 4.98 Å². The Morgan fingerprint density at radius 2 is 1.96 bits per heavy atom. The quantitative estimate of drug-likeness (QED) is 0.655. The maximum atomic E-state index is 12.3. The minimum absolute atomic E-state index is 0.144. The number of amides is 1. The van der Waals surface area contributed by atoms with Gasteiger partial charge in [-0.3, -0.25) is 14.8 Å². The molecule has 128 valence electrons. The summed E-state index contributed by atoms with van der Waals surface area (Å²) in [7, 11) is 1.85. The number of carbonyl (C=O) groups excluding carboxylic acids is 1. The van der Waals surface area contributed by atoms with Gasteiger partial charge in [0.15, 0.2) is 0 Å². The lowest BCUT2D eigenvalue weighted by Crippen LogP contribution is -2.29. The Bertz CT molecular complexity index is 805. The number of aryl methyl sites for hydroxylation is 1. The highest BCUT2D eigenvalue weighted by atomic mass is 32.1. The Labute approximate surface area is 151 Å². The van der Waals surface area contributed by atoms with Crippen LogP contribution in [-0.2, 0) is 17.6 Å². The monoisotopic (exact) mass is 352 g/mol. The molecule has 0 aliphatic carbocycles. The zero-order valence-corrected chi connectivity index (χ0v) is 14.9. The minimum Gasteiger partial charge on any atom is -0.345 e. The van der Waals surface area contributed by atoms with Crippen LogP contribution in [0, 0.1) is 0 Å². The molecule has 3 heterocycles. The molecular weight excluding hydrogens is 332 g/mol. The summed E-state index contributed by atoms with van der Waals surface area (Å²) in [6, 6.07) is 7.85. The van der Waals surface area contributed by atoms with Crippen molar-refractivity contribution in [3.8, 4) is 10.6 Å². The number of likely N-dealkylation sites (N-methyl/N-ethyl adjacent to an activating group) is 1. The second-order valence-corrected chi connectivity index (χ2v) is 6.66. The van der Waals surface area contributed by atoms with Crippen LogP contribution in [0.4, 0.5) is 0 Å². The summed E-state index contributed by atoms with van der Waals surface area (Å²) < 4.78 is 0. The van der Waals surface area contributed by atoms with E-state index in [0.29, 0.717) is 19.4 Å². The van der Waals surface area contributed by atoms with Crippen LogP contribution in [-0.4, -0.2) is 39.4 Å². The molecule has 3 aromatic heterocycles. The van der Waals surface area contributed by atoms with Crippen molar-refractivity contribution >= 4 is 17.2 Å². The smallest absolute Gasteiger partial charge is 0.222 e. The normalized spacial score (nSPS) is 10.6. The van der Waals surface area contributed by atoms with Crippen LogP contribution < -0.4 is 0 Å². The first-order valence-corrected chi connectivity index (χ1v) is 9.08. The zero-order valence-electron chi connectivity index (χ0n) is 14.1. The number of hydrogen-bond acceptors (Lipinski definition) is 5. The van der Waals surface area contributed by atoms with Gasteiger partial charge in [0.1, 0.15) is 5.01 Å². The lowest BCUT2D eigenvalue weighted by molar-refractivity contribution is -0.129. The molecule has 0 aromatic carbocycles. The summed E-state index contributed by atoms with van der Waals surface area (Å²) in [4.78, 5) is 26.8. The first-order chi connectivity index (χ1) is 12.2. The molecule has 3 rings (SSSR count). The van der Waals surface area contributed by atoms with Crippen LogP contribution >= 0.6 is 11.3 Å². The molecule has 0 atom stereocenters. The summed E-state index contributed by atoms with van der Waals surface area (Å²) in [5, 5.41) is 2.97. The average molecular weight is 352 g/mol. The maximum Gasteiger partial charge on any atom is 0.222 e. The first-order valence-electron chi connectivity index (χ1n) is 8.20. The fourth-order valence-electron chi connectivity index (χ4n) is 2.44. The van der Waals surface area contributed by atoms with Gasteiger partial charge in [0.2, 0.25) is 5.91 Å². The predicted molar refractivity (Wildman–Crippen MR) is 99.2 cm³/mol. The number of carbonyl (C=O) groups is 1. The van der Waals surface area contributed by atoms with Gasteiger partial charge in [0.25, 0.3) is 0 Å². The predicted octanol–water partition coefficient (Wildman–Crippen LogP) is 3.23. The molecule has 0 saturated carbocycles. The van der Waals surface area contributed by atoms with Crippen molar-refractivity contribution in [2.45, 2.75) is 19.3 Å². The topological polar surface area (TPSA) is 59.0 Å². The van der Waals surface area contributed by atoms with E-state index >= 15 is 0 Å².